The second kappa shape index (κ2) is 7.52. The summed E-state index contributed by atoms with van der Waals surface area (Å²) >= 11 is 2.76. The number of halogens is 1. The van der Waals surface area contributed by atoms with E-state index in [0.29, 0.717) is 27.5 Å². The molecule has 19 heavy (non-hydrogen) atoms. The Kier molecular flexibility index (Phi) is 6.33. The Labute approximate surface area is 135 Å². The summed E-state index contributed by atoms with van der Waals surface area (Å²) in [7, 11) is 0. The fourth-order valence-corrected chi connectivity index (χ4v) is 2.18. The molecular weight excluding hydrogens is 395 g/mol. The second-order valence-corrected chi connectivity index (χ2v) is 4.93. The standard InChI is InChI=1S/C11H10N4OS2.HI/c1-17-10(13)15-11-14-8(6-18-11)9-3-2-7(16-9)4-5-12;/h2-3,6H,4H2,1H3,(H2,13,14,15);1H. The first-order valence-corrected chi connectivity index (χ1v) is 7.13. The minimum Gasteiger partial charge on any atom is -0.458 e. The minimum atomic E-state index is 0. The molecule has 0 atom stereocenters. The van der Waals surface area contributed by atoms with Crippen molar-refractivity contribution < 1.29 is 4.42 Å². The van der Waals surface area contributed by atoms with Crippen molar-refractivity contribution in [3.8, 4) is 17.5 Å². The van der Waals surface area contributed by atoms with Crippen molar-refractivity contribution in [2.75, 3.05) is 6.26 Å². The number of aromatic nitrogens is 1. The average molecular weight is 406 g/mol. The zero-order valence-electron chi connectivity index (χ0n) is 9.99. The fourth-order valence-electron chi connectivity index (χ4n) is 1.26. The maximum Gasteiger partial charge on any atom is 0.212 e. The van der Waals surface area contributed by atoms with Crippen LogP contribution in [0.4, 0.5) is 5.13 Å². The molecule has 2 heterocycles. The number of rotatable bonds is 3. The number of amidine groups is 1. The first kappa shape index (κ1) is 16.0. The summed E-state index contributed by atoms with van der Waals surface area (Å²) in [5.41, 5.74) is 6.32. The topological polar surface area (TPSA) is 88.2 Å². The Morgan fingerprint density at radius 1 is 1.63 bits per heavy atom. The third kappa shape index (κ3) is 4.22. The van der Waals surface area contributed by atoms with Gasteiger partial charge in [-0.2, -0.15) is 10.3 Å². The van der Waals surface area contributed by atoms with Gasteiger partial charge in [-0.15, -0.1) is 35.3 Å². The highest BCUT2D eigenvalue weighted by Crippen LogP contribution is 2.28. The number of thioether (sulfide) groups is 1. The zero-order chi connectivity index (χ0) is 13.0. The van der Waals surface area contributed by atoms with Gasteiger partial charge in [-0.1, -0.05) is 11.8 Å². The van der Waals surface area contributed by atoms with Crippen LogP contribution >= 0.6 is 47.1 Å². The van der Waals surface area contributed by atoms with Crippen LogP contribution in [0.15, 0.2) is 26.9 Å². The molecule has 0 saturated heterocycles. The van der Waals surface area contributed by atoms with Gasteiger partial charge in [0.1, 0.15) is 11.5 Å². The number of nitriles is 1. The molecule has 0 spiro atoms. The van der Waals surface area contributed by atoms with E-state index in [0.717, 1.165) is 0 Å². The molecule has 0 radical (unpaired) electrons. The Bertz CT molecular complexity index is 614. The van der Waals surface area contributed by atoms with Gasteiger partial charge in [0.2, 0.25) is 5.13 Å². The molecule has 2 N–H and O–H groups in total. The van der Waals surface area contributed by atoms with Gasteiger partial charge in [0, 0.05) is 5.38 Å². The Hall–Kier alpha value is -1.05. The summed E-state index contributed by atoms with van der Waals surface area (Å²) in [6.07, 6.45) is 2.11. The molecule has 0 amide bonds. The summed E-state index contributed by atoms with van der Waals surface area (Å²) < 4.78 is 5.49. The van der Waals surface area contributed by atoms with E-state index in [4.69, 9.17) is 15.4 Å². The molecule has 0 bridgehead atoms. The molecule has 0 unspecified atom stereocenters. The fraction of sp³-hybridized carbons (Fsp3) is 0.182. The maximum absolute atomic E-state index is 8.57. The number of aliphatic imine (C=N–C) groups is 1. The third-order valence-electron chi connectivity index (χ3n) is 2.07. The van der Waals surface area contributed by atoms with E-state index in [2.05, 4.69) is 9.98 Å². The lowest BCUT2D eigenvalue weighted by molar-refractivity contribution is 0.536. The lowest BCUT2D eigenvalue weighted by atomic mass is 10.3. The van der Waals surface area contributed by atoms with Crippen LogP contribution < -0.4 is 5.73 Å². The highest BCUT2D eigenvalue weighted by Gasteiger charge is 2.09. The van der Waals surface area contributed by atoms with Crippen LogP contribution in [0, 0.1) is 11.3 Å². The number of furan rings is 1. The number of hydrogen-bond acceptors (Lipinski definition) is 6. The summed E-state index contributed by atoms with van der Waals surface area (Å²) in [6.45, 7) is 0. The molecule has 0 saturated carbocycles. The van der Waals surface area contributed by atoms with Crippen LogP contribution in [0.2, 0.25) is 0 Å². The van der Waals surface area contributed by atoms with Crippen molar-refractivity contribution in [1.82, 2.24) is 4.98 Å². The number of thiazole rings is 1. The summed E-state index contributed by atoms with van der Waals surface area (Å²) in [6, 6.07) is 5.61. The Morgan fingerprint density at radius 3 is 3.11 bits per heavy atom. The number of hydrogen-bond donors (Lipinski definition) is 1. The van der Waals surface area contributed by atoms with Gasteiger partial charge in [0.05, 0.1) is 12.5 Å². The molecule has 2 aromatic heterocycles. The molecule has 8 heteroatoms. The van der Waals surface area contributed by atoms with Crippen molar-refractivity contribution >= 4 is 57.4 Å². The van der Waals surface area contributed by atoms with Crippen molar-refractivity contribution in [2.45, 2.75) is 6.42 Å². The van der Waals surface area contributed by atoms with E-state index in [1.165, 1.54) is 23.1 Å². The van der Waals surface area contributed by atoms with Gasteiger partial charge >= 0.3 is 0 Å². The highest BCUT2D eigenvalue weighted by atomic mass is 127. The number of nitrogens with zero attached hydrogens (tertiary/aromatic N) is 3. The van der Waals surface area contributed by atoms with Gasteiger partial charge in [0.25, 0.3) is 0 Å². The van der Waals surface area contributed by atoms with Crippen LogP contribution in [-0.4, -0.2) is 16.4 Å². The van der Waals surface area contributed by atoms with E-state index in [1.54, 1.807) is 12.1 Å². The molecule has 0 aliphatic carbocycles. The molecule has 0 aromatic carbocycles. The molecular formula is C11H11IN4OS2. The second-order valence-electron chi connectivity index (χ2n) is 3.27. The van der Waals surface area contributed by atoms with Gasteiger partial charge in [-0.25, -0.2) is 4.98 Å². The van der Waals surface area contributed by atoms with Crippen LogP contribution in [-0.2, 0) is 6.42 Å². The SMILES string of the molecule is CSC(N)=Nc1nc(-c2ccc(CC#N)o2)cs1.I. The minimum absolute atomic E-state index is 0. The lowest BCUT2D eigenvalue weighted by Crippen LogP contribution is -2.03. The van der Waals surface area contributed by atoms with E-state index >= 15 is 0 Å². The number of nitrogens with two attached hydrogens (primary N) is 1. The predicted octanol–water partition coefficient (Wildman–Crippen LogP) is 3.40. The quantitative estimate of drug-likeness (QED) is 0.480. The van der Waals surface area contributed by atoms with Crippen LogP contribution in [0.3, 0.4) is 0 Å². The van der Waals surface area contributed by atoms with Crippen molar-refractivity contribution in [3.05, 3.63) is 23.3 Å². The third-order valence-corrected chi connectivity index (χ3v) is 3.32. The van der Waals surface area contributed by atoms with Gasteiger partial charge in [-0.3, -0.25) is 0 Å². The van der Waals surface area contributed by atoms with E-state index in [-0.39, 0.29) is 30.4 Å². The maximum atomic E-state index is 8.57. The highest BCUT2D eigenvalue weighted by molar-refractivity contribution is 14.0. The Balaban J connectivity index is 0.00000180. The van der Waals surface area contributed by atoms with Crippen LogP contribution in [0.5, 0.6) is 0 Å². The average Bonchev–Trinajstić information content (AvgIpc) is 2.98. The van der Waals surface area contributed by atoms with Crippen molar-refractivity contribution in [2.24, 2.45) is 10.7 Å². The van der Waals surface area contributed by atoms with E-state index < -0.39 is 0 Å². The van der Waals surface area contributed by atoms with E-state index in [1.807, 2.05) is 17.7 Å². The van der Waals surface area contributed by atoms with Crippen LogP contribution in [0.1, 0.15) is 5.76 Å². The monoisotopic (exact) mass is 406 g/mol. The molecule has 2 rings (SSSR count). The summed E-state index contributed by atoms with van der Waals surface area (Å²) in [5, 5.41) is 11.5. The van der Waals surface area contributed by atoms with Gasteiger partial charge < -0.3 is 10.2 Å². The predicted molar refractivity (Wildman–Crippen MR) is 89.3 cm³/mol. The summed E-state index contributed by atoms with van der Waals surface area (Å²) in [4.78, 5) is 8.44. The first-order chi connectivity index (χ1) is 8.72. The molecule has 5 nitrogen and oxygen atoms in total. The van der Waals surface area contributed by atoms with Gasteiger partial charge in [0.15, 0.2) is 10.9 Å². The Morgan fingerprint density at radius 2 is 2.42 bits per heavy atom. The van der Waals surface area contributed by atoms with Gasteiger partial charge in [-0.05, 0) is 18.4 Å². The molecule has 0 aliphatic rings. The first-order valence-electron chi connectivity index (χ1n) is 5.02. The molecule has 0 fully saturated rings. The lowest BCUT2D eigenvalue weighted by Gasteiger charge is -1.91. The van der Waals surface area contributed by atoms with E-state index in [9.17, 15) is 0 Å². The molecule has 2 aromatic rings. The molecule has 100 valence electrons. The zero-order valence-corrected chi connectivity index (χ0v) is 14.0. The largest absolute Gasteiger partial charge is 0.458 e. The van der Waals surface area contributed by atoms with Crippen molar-refractivity contribution in [3.63, 3.8) is 0 Å². The smallest absolute Gasteiger partial charge is 0.212 e. The molecule has 0 aliphatic heterocycles. The van der Waals surface area contributed by atoms with Crippen LogP contribution in [0.25, 0.3) is 11.5 Å². The normalized spacial score (nSPS) is 10.8. The summed E-state index contributed by atoms with van der Waals surface area (Å²) in [5.74, 6) is 1.27. The van der Waals surface area contributed by atoms with Crippen molar-refractivity contribution in [1.29, 1.82) is 5.26 Å².